The summed E-state index contributed by atoms with van der Waals surface area (Å²) < 4.78 is 16.8. The third-order valence-corrected chi connectivity index (χ3v) is 5.87. The molecule has 1 aliphatic heterocycles. The molecular weight excluding hydrogens is 508 g/mol. The number of thiocarbonyl (C=S) groups is 1. The van der Waals surface area contributed by atoms with Crippen molar-refractivity contribution < 1.29 is 33.7 Å². The van der Waals surface area contributed by atoms with Gasteiger partial charge in [0.15, 0.2) is 16.6 Å². The maximum Gasteiger partial charge on any atom is 0.335 e. The summed E-state index contributed by atoms with van der Waals surface area (Å²) in [6, 6.07) is 18.2. The van der Waals surface area contributed by atoms with Crippen LogP contribution in [0.1, 0.15) is 28.4 Å². The third kappa shape index (κ3) is 5.81. The molecule has 0 aromatic heterocycles. The van der Waals surface area contributed by atoms with Crippen LogP contribution in [0.5, 0.6) is 17.2 Å². The summed E-state index contributed by atoms with van der Waals surface area (Å²) in [6.07, 6.45) is 1.45. The fourth-order valence-electron chi connectivity index (χ4n) is 3.74. The molecule has 1 heterocycles. The molecule has 0 saturated carbocycles. The molecule has 0 bridgehead atoms. The van der Waals surface area contributed by atoms with Gasteiger partial charge in [0.05, 0.1) is 25.0 Å². The quantitative estimate of drug-likeness (QED) is 0.239. The highest BCUT2D eigenvalue weighted by molar-refractivity contribution is 7.80. The second-order valence-electron chi connectivity index (χ2n) is 8.09. The molecule has 0 radical (unpaired) electrons. The lowest BCUT2D eigenvalue weighted by Crippen LogP contribution is -2.54. The average molecular weight is 533 g/mol. The molecule has 1 aliphatic rings. The van der Waals surface area contributed by atoms with Gasteiger partial charge in [-0.15, -0.1) is 0 Å². The Morgan fingerprint density at radius 3 is 2.47 bits per heavy atom. The van der Waals surface area contributed by atoms with E-state index in [0.717, 1.165) is 5.56 Å². The first-order valence-corrected chi connectivity index (χ1v) is 12.0. The van der Waals surface area contributed by atoms with E-state index in [-0.39, 0.29) is 22.9 Å². The van der Waals surface area contributed by atoms with Gasteiger partial charge in [0.1, 0.15) is 17.9 Å². The highest BCUT2D eigenvalue weighted by Gasteiger charge is 2.34. The van der Waals surface area contributed by atoms with E-state index in [4.69, 9.17) is 31.5 Å². The highest BCUT2D eigenvalue weighted by atomic mass is 32.1. The number of carbonyl (C=O) groups excluding carboxylic acids is 2. The minimum absolute atomic E-state index is 0.0245. The van der Waals surface area contributed by atoms with Crippen LogP contribution >= 0.6 is 12.2 Å². The molecular formula is C28H24N2O7S. The number of anilines is 1. The minimum atomic E-state index is -1.00. The lowest BCUT2D eigenvalue weighted by atomic mass is 10.1. The molecule has 0 aliphatic carbocycles. The molecule has 0 spiro atoms. The van der Waals surface area contributed by atoms with Crippen LogP contribution in [0.4, 0.5) is 5.69 Å². The molecule has 38 heavy (non-hydrogen) atoms. The van der Waals surface area contributed by atoms with Gasteiger partial charge in [0.2, 0.25) is 0 Å². The summed E-state index contributed by atoms with van der Waals surface area (Å²) in [6.45, 7) is 2.50. The van der Waals surface area contributed by atoms with Gasteiger partial charge in [-0.1, -0.05) is 24.3 Å². The van der Waals surface area contributed by atoms with E-state index < -0.39 is 17.8 Å². The van der Waals surface area contributed by atoms with Gasteiger partial charge in [-0.05, 0) is 72.7 Å². The van der Waals surface area contributed by atoms with E-state index in [2.05, 4.69) is 5.32 Å². The normalized spacial score (nSPS) is 14.3. The molecule has 2 N–H and O–H groups in total. The van der Waals surface area contributed by atoms with Crippen LogP contribution in [0.15, 0.2) is 72.3 Å². The number of hydrogen-bond donors (Lipinski definition) is 2. The van der Waals surface area contributed by atoms with Gasteiger partial charge in [0.25, 0.3) is 11.8 Å². The zero-order valence-corrected chi connectivity index (χ0v) is 21.4. The number of ether oxygens (including phenoxy) is 3. The fraction of sp³-hybridized carbons (Fsp3) is 0.143. The molecule has 0 atom stereocenters. The molecule has 1 fully saturated rings. The van der Waals surface area contributed by atoms with Crippen molar-refractivity contribution in [3.05, 3.63) is 89.0 Å². The van der Waals surface area contributed by atoms with Crippen molar-refractivity contribution in [1.29, 1.82) is 0 Å². The van der Waals surface area contributed by atoms with E-state index >= 15 is 0 Å². The molecule has 3 aromatic rings. The summed E-state index contributed by atoms with van der Waals surface area (Å²) in [4.78, 5) is 38.3. The van der Waals surface area contributed by atoms with Gasteiger partial charge in [-0.2, -0.15) is 0 Å². The second kappa shape index (κ2) is 11.6. The first-order chi connectivity index (χ1) is 18.3. The molecule has 4 rings (SSSR count). The SMILES string of the molecule is CCOc1cccc(N2C(=O)/C(=C\c3ccc(OCc4ccc(C(=O)O)cc4)c(OC)c3)C(=O)NC2=S)c1. The molecule has 2 amide bonds. The van der Waals surface area contributed by atoms with Crippen molar-refractivity contribution in [2.24, 2.45) is 0 Å². The highest BCUT2D eigenvalue weighted by Crippen LogP contribution is 2.31. The number of nitrogens with one attached hydrogen (secondary N) is 1. The van der Waals surface area contributed by atoms with Gasteiger partial charge in [-0.25, -0.2) is 4.79 Å². The van der Waals surface area contributed by atoms with Crippen molar-refractivity contribution in [2.45, 2.75) is 13.5 Å². The van der Waals surface area contributed by atoms with Crippen molar-refractivity contribution >= 4 is 46.9 Å². The summed E-state index contributed by atoms with van der Waals surface area (Å²) in [7, 11) is 1.48. The van der Waals surface area contributed by atoms with Crippen LogP contribution < -0.4 is 24.4 Å². The lowest BCUT2D eigenvalue weighted by Gasteiger charge is -2.29. The molecule has 194 valence electrons. The monoisotopic (exact) mass is 532 g/mol. The largest absolute Gasteiger partial charge is 0.494 e. The Hall–Kier alpha value is -4.70. The summed E-state index contributed by atoms with van der Waals surface area (Å²) in [5.74, 6) is -0.786. The molecule has 0 unspecified atom stereocenters. The van der Waals surface area contributed by atoms with Gasteiger partial charge in [0, 0.05) is 6.07 Å². The van der Waals surface area contributed by atoms with E-state index in [9.17, 15) is 14.4 Å². The van der Waals surface area contributed by atoms with Crippen molar-refractivity contribution in [3.63, 3.8) is 0 Å². The van der Waals surface area contributed by atoms with E-state index in [1.807, 2.05) is 6.92 Å². The predicted octanol–water partition coefficient (Wildman–Crippen LogP) is 4.20. The Kier molecular flexibility index (Phi) is 8.03. The number of hydrogen-bond acceptors (Lipinski definition) is 7. The Morgan fingerprint density at radius 1 is 1.03 bits per heavy atom. The second-order valence-corrected chi connectivity index (χ2v) is 8.48. The number of aromatic carboxylic acids is 1. The number of benzene rings is 3. The van der Waals surface area contributed by atoms with E-state index in [1.54, 1.807) is 54.6 Å². The van der Waals surface area contributed by atoms with Crippen LogP contribution in [-0.4, -0.2) is 41.7 Å². The topological polar surface area (TPSA) is 114 Å². The molecule has 9 nitrogen and oxygen atoms in total. The minimum Gasteiger partial charge on any atom is -0.494 e. The van der Waals surface area contributed by atoms with Gasteiger partial charge < -0.3 is 19.3 Å². The van der Waals surface area contributed by atoms with E-state index in [1.165, 1.54) is 30.2 Å². The average Bonchev–Trinajstić information content (AvgIpc) is 2.90. The summed E-state index contributed by atoms with van der Waals surface area (Å²) in [5.41, 5.74) is 1.86. The van der Waals surface area contributed by atoms with Crippen molar-refractivity contribution in [1.82, 2.24) is 5.32 Å². The molecule has 1 saturated heterocycles. The standard InChI is InChI=1S/C28H24N2O7S/c1-3-36-21-6-4-5-20(15-21)30-26(32)22(25(31)29-28(30)38)13-18-9-12-23(24(14-18)35-2)37-16-17-7-10-19(11-8-17)27(33)34/h4-15H,3,16H2,1-2H3,(H,33,34)(H,29,31,38)/b22-13-. The Labute approximate surface area is 224 Å². The van der Waals surface area contributed by atoms with Crippen molar-refractivity contribution in [2.75, 3.05) is 18.6 Å². The number of carbonyl (C=O) groups is 3. The smallest absolute Gasteiger partial charge is 0.335 e. The number of amides is 2. The van der Waals surface area contributed by atoms with Gasteiger partial charge in [-0.3, -0.25) is 19.8 Å². The number of carboxylic acid groups (broad SMARTS) is 1. The van der Waals surface area contributed by atoms with Crippen LogP contribution in [0, 0.1) is 0 Å². The zero-order valence-electron chi connectivity index (χ0n) is 20.6. The maximum atomic E-state index is 13.3. The number of carboxylic acids is 1. The zero-order chi connectivity index (χ0) is 27.2. The third-order valence-electron chi connectivity index (χ3n) is 5.58. The van der Waals surface area contributed by atoms with Crippen LogP contribution in [0.2, 0.25) is 0 Å². The summed E-state index contributed by atoms with van der Waals surface area (Å²) >= 11 is 5.27. The Morgan fingerprint density at radius 2 is 1.79 bits per heavy atom. The number of rotatable bonds is 9. The maximum absolute atomic E-state index is 13.3. The van der Waals surface area contributed by atoms with Crippen LogP contribution in [0.3, 0.4) is 0 Å². The van der Waals surface area contributed by atoms with Crippen LogP contribution in [-0.2, 0) is 16.2 Å². The fourth-order valence-corrected chi connectivity index (χ4v) is 4.02. The first-order valence-electron chi connectivity index (χ1n) is 11.6. The number of nitrogens with zero attached hydrogens (tertiary/aromatic N) is 1. The predicted molar refractivity (Wildman–Crippen MR) is 145 cm³/mol. The Balaban J connectivity index is 1.56. The van der Waals surface area contributed by atoms with Crippen molar-refractivity contribution in [3.8, 4) is 17.2 Å². The van der Waals surface area contributed by atoms with Gasteiger partial charge >= 0.3 is 5.97 Å². The van der Waals surface area contributed by atoms with Crippen LogP contribution in [0.25, 0.3) is 6.08 Å². The summed E-state index contributed by atoms with van der Waals surface area (Å²) in [5, 5.41) is 11.6. The van der Waals surface area contributed by atoms with E-state index in [0.29, 0.717) is 35.1 Å². The Bertz CT molecular complexity index is 1430. The first kappa shape index (κ1) is 26.4. The molecule has 3 aromatic carbocycles. The molecule has 10 heteroatoms. The lowest BCUT2D eigenvalue weighted by molar-refractivity contribution is -0.122. The number of methoxy groups -OCH3 is 1.